The van der Waals surface area contributed by atoms with Crippen LogP contribution in [0.2, 0.25) is 0 Å². The van der Waals surface area contributed by atoms with E-state index in [-0.39, 0.29) is 5.82 Å². The van der Waals surface area contributed by atoms with Crippen LogP contribution in [0.5, 0.6) is 0 Å². The lowest BCUT2D eigenvalue weighted by Crippen LogP contribution is -1.94. The van der Waals surface area contributed by atoms with E-state index in [0.717, 1.165) is 17.7 Å². The van der Waals surface area contributed by atoms with Gasteiger partial charge in [0.1, 0.15) is 11.9 Å². The lowest BCUT2D eigenvalue weighted by Gasteiger charge is -2.00. The molecule has 0 atom stereocenters. The van der Waals surface area contributed by atoms with E-state index in [9.17, 15) is 4.39 Å². The Morgan fingerprint density at radius 1 is 1.25 bits per heavy atom. The monoisotopic (exact) mass is 215 g/mol. The molecule has 0 saturated carbocycles. The van der Waals surface area contributed by atoms with Gasteiger partial charge in [-0.1, -0.05) is 12.1 Å². The minimum atomic E-state index is -0.233. The predicted molar refractivity (Wildman–Crippen MR) is 57.1 cm³/mol. The van der Waals surface area contributed by atoms with E-state index in [0.29, 0.717) is 12.1 Å². The zero-order valence-corrected chi connectivity index (χ0v) is 8.57. The number of nitrogens with zero attached hydrogens (tertiary/aromatic N) is 2. The summed E-state index contributed by atoms with van der Waals surface area (Å²) in [4.78, 5) is 6.82. The van der Waals surface area contributed by atoms with Crippen LogP contribution in [-0.2, 0) is 12.8 Å². The van der Waals surface area contributed by atoms with Crippen LogP contribution in [0.15, 0.2) is 30.6 Å². The SMILES string of the molecule is N#Cc1nc[nH]c1CCc1ccc(F)cc1. The van der Waals surface area contributed by atoms with E-state index >= 15 is 0 Å². The van der Waals surface area contributed by atoms with Crippen molar-refractivity contribution in [2.45, 2.75) is 12.8 Å². The molecule has 0 unspecified atom stereocenters. The number of imidazole rings is 1. The van der Waals surface area contributed by atoms with Gasteiger partial charge >= 0.3 is 0 Å². The summed E-state index contributed by atoms with van der Waals surface area (Å²) < 4.78 is 12.7. The van der Waals surface area contributed by atoms with Crippen molar-refractivity contribution in [3.05, 3.63) is 53.4 Å². The second-order valence-corrected chi connectivity index (χ2v) is 3.47. The Morgan fingerprint density at radius 2 is 2.00 bits per heavy atom. The Kier molecular flexibility index (Phi) is 2.97. The fourth-order valence-electron chi connectivity index (χ4n) is 1.53. The fourth-order valence-corrected chi connectivity index (χ4v) is 1.53. The average Bonchev–Trinajstić information content (AvgIpc) is 2.76. The first-order valence-corrected chi connectivity index (χ1v) is 4.96. The summed E-state index contributed by atoms with van der Waals surface area (Å²) >= 11 is 0. The molecule has 1 heterocycles. The van der Waals surface area contributed by atoms with Gasteiger partial charge in [0.15, 0.2) is 5.69 Å². The van der Waals surface area contributed by atoms with Crippen LogP contribution in [0, 0.1) is 17.1 Å². The van der Waals surface area contributed by atoms with Gasteiger partial charge in [0.05, 0.1) is 12.0 Å². The van der Waals surface area contributed by atoms with Crippen LogP contribution in [-0.4, -0.2) is 9.97 Å². The Hall–Kier alpha value is -2.15. The topological polar surface area (TPSA) is 52.5 Å². The lowest BCUT2D eigenvalue weighted by atomic mass is 10.1. The largest absolute Gasteiger partial charge is 0.347 e. The predicted octanol–water partition coefficient (Wildman–Crippen LogP) is 2.21. The Balaban J connectivity index is 2.03. The first-order chi connectivity index (χ1) is 7.79. The first-order valence-electron chi connectivity index (χ1n) is 4.96. The molecule has 0 bridgehead atoms. The van der Waals surface area contributed by atoms with Crippen LogP contribution in [0.25, 0.3) is 0 Å². The molecule has 0 fully saturated rings. The number of aromatic nitrogens is 2. The number of hydrogen-bond donors (Lipinski definition) is 1. The molecule has 3 nitrogen and oxygen atoms in total. The molecule has 0 aliphatic carbocycles. The molecule has 80 valence electrons. The van der Waals surface area contributed by atoms with Crippen molar-refractivity contribution >= 4 is 0 Å². The van der Waals surface area contributed by atoms with Crippen molar-refractivity contribution in [2.24, 2.45) is 0 Å². The van der Waals surface area contributed by atoms with E-state index in [2.05, 4.69) is 9.97 Å². The summed E-state index contributed by atoms with van der Waals surface area (Å²) in [6, 6.07) is 8.39. The molecule has 2 rings (SSSR count). The average molecular weight is 215 g/mol. The number of aryl methyl sites for hydroxylation is 2. The van der Waals surface area contributed by atoms with Crippen molar-refractivity contribution in [3.8, 4) is 6.07 Å². The molecule has 0 aliphatic rings. The van der Waals surface area contributed by atoms with Gasteiger partial charge in [0, 0.05) is 0 Å². The van der Waals surface area contributed by atoms with E-state index in [1.807, 2.05) is 6.07 Å². The van der Waals surface area contributed by atoms with E-state index in [4.69, 9.17) is 5.26 Å². The highest BCUT2D eigenvalue weighted by Crippen LogP contribution is 2.09. The summed E-state index contributed by atoms with van der Waals surface area (Å²) in [5, 5.41) is 8.76. The van der Waals surface area contributed by atoms with Crippen LogP contribution >= 0.6 is 0 Å². The molecule has 0 aliphatic heterocycles. The summed E-state index contributed by atoms with van der Waals surface area (Å²) in [6.45, 7) is 0. The number of rotatable bonds is 3. The Labute approximate surface area is 92.6 Å². The van der Waals surface area contributed by atoms with Gasteiger partial charge in [-0.15, -0.1) is 0 Å². The van der Waals surface area contributed by atoms with Crippen LogP contribution < -0.4 is 0 Å². The minimum Gasteiger partial charge on any atom is -0.347 e. The molecule has 0 amide bonds. The number of nitriles is 1. The highest BCUT2D eigenvalue weighted by atomic mass is 19.1. The van der Waals surface area contributed by atoms with Crippen LogP contribution in [0.3, 0.4) is 0 Å². The Morgan fingerprint density at radius 3 is 2.69 bits per heavy atom. The second kappa shape index (κ2) is 4.58. The van der Waals surface area contributed by atoms with Gasteiger partial charge < -0.3 is 4.98 Å². The van der Waals surface area contributed by atoms with Crippen molar-refractivity contribution in [3.63, 3.8) is 0 Å². The molecule has 0 spiro atoms. The van der Waals surface area contributed by atoms with Gasteiger partial charge in [-0.25, -0.2) is 9.37 Å². The highest BCUT2D eigenvalue weighted by Gasteiger charge is 2.04. The van der Waals surface area contributed by atoms with Crippen molar-refractivity contribution in [2.75, 3.05) is 0 Å². The third kappa shape index (κ3) is 2.26. The number of nitrogens with one attached hydrogen (secondary N) is 1. The van der Waals surface area contributed by atoms with Crippen LogP contribution in [0.4, 0.5) is 4.39 Å². The minimum absolute atomic E-state index is 0.233. The number of H-pyrrole nitrogens is 1. The normalized spacial score (nSPS) is 10.0. The number of aromatic amines is 1. The molecule has 2 aromatic rings. The quantitative estimate of drug-likeness (QED) is 0.853. The molecule has 1 aromatic heterocycles. The van der Waals surface area contributed by atoms with Crippen molar-refractivity contribution in [1.29, 1.82) is 5.26 Å². The maximum atomic E-state index is 12.7. The summed E-state index contributed by atoms with van der Waals surface area (Å²) in [5.41, 5.74) is 2.30. The summed E-state index contributed by atoms with van der Waals surface area (Å²) in [7, 11) is 0. The van der Waals surface area contributed by atoms with Gasteiger partial charge in [-0.2, -0.15) is 5.26 Å². The van der Waals surface area contributed by atoms with Crippen molar-refractivity contribution < 1.29 is 4.39 Å². The van der Waals surface area contributed by atoms with Gasteiger partial charge in [-0.3, -0.25) is 0 Å². The van der Waals surface area contributed by atoms with Gasteiger partial charge in [-0.05, 0) is 30.5 Å². The van der Waals surface area contributed by atoms with E-state index in [1.165, 1.54) is 18.5 Å². The Bertz CT molecular complexity index is 508. The lowest BCUT2D eigenvalue weighted by molar-refractivity contribution is 0.627. The third-order valence-corrected chi connectivity index (χ3v) is 2.40. The fraction of sp³-hybridized carbons (Fsp3) is 0.167. The number of benzene rings is 1. The molecule has 4 heteroatoms. The summed E-state index contributed by atoms with van der Waals surface area (Å²) in [5.74, 6) is -0.233. The number of halogens is 1. The zero-order chi connectivity index (χ0) is 11.4. The van der Waals surface area contributed by atoms with E-state index in [1.54, 1.807) is 12.1 Å². The molecule has 1 N–H and O–H groups in total. The van der Waals surface area contributed by atoms with Crippen molar-refractivity contribution in [1.82, 2.24) is 9.97 Å². The second-order valence-electron chi connectivity index (χ2n) is 3.47. The third-order valence-electron chi connectivity index (χ3n) is 2.40. The molecule has 0 saturated heterocycles. The number of hydrogen-bond acceptors (Lipinski definition) is 2. The maximum Gasteiger partial charge on any atom is 0.161 e. The van der Waals surface area contributed by atoms with Crippen LogP contribution in [0.1, 0.15) is 17.0 Å². The summed E-state index contributed by atoms with van der Waals surface area (Å²) in [6.07, 6.45) is 2.98. The van der Waals surface area contributed by atoms with E-state index < -0.39 is 0 Å². The highest BCUT2D eigenvalue weighted by molar-refractivity contribution is 5.26. The molecular weight excluding hydrogens is 205 g/mol. The zero-order valence-electron chi connectivity index (χ0n) is 8.57. The first kappa shape index (κ1) is 10.4. The smallest absolute Gasteiger partial charge is 0.161 e. The standard InChI is InChI=1S/C12H10FN3/c13-10-4-1-9(2-5-10)3-6-11-12(7-14)16-8-15-11/h1-2,4-5,8H,3,6H2,(H,15,16). The molecule has 1 aromatic carbocycles. The molecule has 16 heavy (non-hydrogen) atoms. The maximum absolute atomic E-state index is 12.7. The van der Waals surface area contributed by atoms with Gasteiger partial charge in [0.25, 0.3) is 0 Å². The molecular formula is C12H10FN3. The molecule has 0 radical (unpaired) electrons. The van der Waals surface area contributed by atoms with Gasteiger partial charge in [0.2, 0.25) is 0 Å².